The Bertz CT molecular complexity index is 1170. The Hall–Kier alpha value is -3.52. The summed E-state index contributed by atoms with van der Waals surface area (Å²) in [4.78, 5) is 7.08. The molecule has 0 radical (unpaired) electrons. The van der Waals surface area contributed by atoms with Gasteiger partial charge in [-0.3, -0.25) is 5.32 Å². The van der Waals surface area contributed by atoms with Crippen molar-refractivity contribution >= 4 is 0 Å². The van der Waals surface area contributed by atoms with Gasteiger partial charge in [0.1, 0.15) is 24.2 Å². The average Bonchev–Trinajstić information content (AvgIpc) is 3.47. The summed E-state index contributed by atoms with van der Waals surface area (Å²) in [5.74, 6) is -0.175. The van der Waals surface area contributed by atoms with E-state index in [0.717, 1.165) is 17.7 Å². The van der Waals surface area contributed by atoms with E-state index >= 15 is 0 Å². The molecule has 0 spiro atoms. The van der Waals surface area contributed by atoms with Crippen LogP contribution in [0.1, 0.15) is 29.0 Å². The maximum absolute atomic E-state index is 13.7. The van der Waals surface area contributed by atoms with Crippen LogP contribution >= 0.6 is 0 Å². The number of nitrogens with zero attached hydrogens (tertiary/aromatic N) is 2. The van der Waals surface area contributed by atoms with Gasteiger partial charge in [0, 0.05) is 29.9 Å². The van der Waals surface area contributed by atoms with E-state index in [4.69, 9.17) is 10.00 Å². The number of hydrogen-bond donors (Lipinski definition) is 2. The van der Waals surface area contributed by atoms with Gasteiger partial charge in [-0.15, -0.1) is 0 Å². The number of aromatic amines is 1. The Labute approximate surface area is 190 Å². The normalized spacial score (nSPS) is 20.8. The zero-order valence-corrected chi connectivity index (χ0v) is 17.4. The summed E-state index contributed by atoms with van der Waals surface area (Å²) >= 11 is 0. The Morgan fingerprint density at radius 3 is 2.38 bits per heavy atom. The second-order valence-corrected chi connectivity index (χ2v) is 7.91. The smallest absolute Gasteiger partial charge is 0.417 e. The zero-order valence-electron chi connectivity index (χ0n) is 17.4. The van der Waals surface area contributed by atoms with Crippen molar-refractivity contribution in [3.05, 3.63) is 71.5 Å². The summed E-state index contributed by atoms with van der Waals surface area (Å²) in [6.07, 6.45) is -6.35. The molecule has 1 aliphatic rings. The molecule has 1 aliphatic heterocycles. The summed E-state index contributed by atoms with van der Waals surface area (Å²) in [7, 11) is 0. The number of rotatable bonds is 5. The maximum atomic E-state index is 13.7. The van der Waals surface area contributed by atoms with Crippen LogP contribution in [0.3, 0.4) is 0 Å². The van der Waals surface area contributed by atoms with Crippen LogP contribution in [0.5, 0.6) is 5.75 Å². The highest BCUT2D eigenvalue weighted by Crippen LogP contribution is 2.42. The summed E-state index contributed by atoms with van der Waals surface area (Å²) in [6, 6.07) is 8.14. The van der Waals surface area contributed by atoms with Crippen molar-refractivity contribution in [3.8, 4) is 23.2 Å². The molecule has 0 amide bonds. The summed E-state index contributed by atoms with van der Waals surface area (Å²) in [5.41, 5.74) is -1.21. The van der Waals surface area contributed by atoms with E-state index in [0.29, 0.717) is 17.6 Å². The van der Waals surface area contributed by atoms with Crippen LogP contribution in [0.15, 0.2) is 54.9 Å². The van der Waals surface area contributed by atoms with Gasteiger partial charge in [-0.2, -0.15) is 31.6 Å². The Balaban J connectivity index is 1.50. The number of ether oxygens (including phenoxy) is 1. The van der Waals surface area contributed by atoms with Gasteiger partial charge in [0.05, 0.1) is 17.2 Å². The third kappa shape index (κ3) is 5.02. The third-order valence-electron chi connectivity index (χ3n) is 5.68. The number of imidazole rings is 1. The molecule has 0 aliphatic carbocycles. The minimum absolute atomic E-state index is 0.0855. The van der Waals surface area contributed by atoms with Crippen LogP contribution < -0.4 is 10.1 Å². The van der Waals surface area contributed by atoms with E-state index in [9.17, 15) is 26.3 Å². The number of H-pyrrole nitrogens is 1. The molecule has 2 aromatic carbocycles. The molecule has 1 unspecified atom stereocenters. The largest absolute Gasteiger partial charge is 0.492 e. The number of alkyl halides is 6. The van der Waals surface area contributed by atoms with E-state index in [-0.39, 0.29) is 18.6 Å². The number of nitrogens with one attached hydrogen (secondary N) is 2. The molecule has 178 valence electrons. The third-order valence-corrected chi connectivity index (χ3v) is 5.68. The quantitative estimate of drug-likeness (QED) is 0.478. The minimum Gasteiger partial charge on any atom is -0.492 e. The highest BCUT2D eigenvalue weighted by atomic mass is 19.4. The average molecular weight is 480 g/mol. The van der Waals surface area contributed by atoms with Crippen LogP contribution in [0.25, 0.3) is 11.4 Å². The molecule has 34 heavy (non-hydrogen) atoms. The second-order valence-electron chi connectivity index (χ2n) is 7.91. The molecule has 1 aromatic heterocycles. The van der Waals surface area contributed by atoms with Crippen molar-refractivity contribution in [1.82, 2.24) is 15.3 Å². The van der Waals surface area contributed by atoms with Crippen molar-refractivity contribution in [2.45, 2.75) is 36.8 Å². The topological polar surface area (TPSA) is 73.7 Å². The standard InChI is InChI=1S/C23H18F6N4O/c24-22(25,26)19-9-14(1-2-15(19)11-30)18-10-16(33-20(18)23(27,28)29)12-34-17-5-3-13(4-6-17)21-31-7-8-32-21/h1-9,16,18,20,33H,10,12H2,(H,31,32)/t16-,18?,20+/m0/s1. The summed E-state index contributed by atoms with van der Waals surface area (Å²) in [5, 5.41) is 11.4. The maximum Gasteiger partial charge on any atom is 0.417 e. The molecular weight excluding hydrogens is 462 g/mol. The number of nitriles is 1. The van der Waals surface area contributed by atoms with Crippen LogP contribution in [-0.4, -0.2) is 34.8 Å². The van der Waals surface area contributed by atoms with Gasteiger partial charge in [0.2, 0.25) is 0 Å². The molecule has 1 saturated heterocycles. The summed E-state index contributed by atoms with van der Waals surface area (Å²) < 4.78 is 86.7. The lowest BCUT2D eigenvalue weighted by atomic mass is 9.88. The fourth-order valence-corrected chi connectivity index (χ4v) is 4.10. The van der Waals surface area contributed by atoms with Gasteiger partial charge in [-0.05, 0) is 48.4 Å². The predicted molar refractivity (Wildman–Crippen MR) is 110 cm³/mol. The molecule has 4 rings (SSSR count). The molecule has 11 heteroatoms. The van der Waals surface area contributed by atoms with E-state index in [1.165, 1.54) is 6.07 Å². The van der Waals surface area contributed by atoms with Crippen LogP contribution in [0.2, 0.25) is 0 Å². The highest BCUT2D eigenvalue weighted by Gasteiger charge is 2.51. The van der Waals surface area contributed by atoms with Gasteiger partial charge in [-0.25, -0.2) is 4.98 Å². The second kappa shape index (κ2) is 9.02. The predicted octanol–water partition coefficient (Wildman–Crippen LogP) is 5.42. The Kier molecular flexibility index (Phi) is 6.27. The lowest BCUT2D eigenvalue weighted by molar-refractivity contribution is -0.156. The van der Waals surface area contributed by atoms with Gasteiger partial charge in [0.15, 0.2) is 0 Å². The first-order valence-corrected chi connectivity index (χ1v) is 10.2. The molecule has 1 fully saturated rings. The van der Waals surface area contributed by atoms with E-state index < -0.39 is 41.5 Å². The molecule has 0 saturated carbocycles. The van der Waals surface area contributed by atoms with Gasteiger partial charge in [-0.1, -0.05) is 6.07 Å². The first-order valence-electron chi connectivity index (χ1n) is 10.2. The van der Waals surface area contributed by atoms with Crippen LogP contribution in [-0.2, 0) is 6.18 Å². The molecule has 5 nitrogen and oxygen atoms in total. The van der Waals surface area contributed by atoms with Crippen molar-refractivity contribution in [1.29, 1.82) is 5.26 Å². The molecule has 0 bridgehead atoms. The molecule has 2 heterocycles. The van der Waals surface area contributed by atoms with Crippen molar-refractivity contribution in [3.63, 3.8) is 0 Å². The first-order chi connectivity index (χ1) is 16.1. The number of hydrogen-bond acceptors (Lipinski definition) is 4. The minimum atomic E-state index is -4.86. The van der Waals surface area contributed by atoms with Gasteiger partial charge in [0.25, 0.3) is 0 Å². The van der Waals surface area contributed by atoms with Gasteiger partial charge < -0.3 is 9.72 Å². The van der Waals surface area contributed by atoms with Crippen LogP contribution in [0.4, 0.5) is 26.3 Å². The SMILES string of the molecule is N#Cc1ccc(C2C[C@@H](COc3ccc(-c4ncc[nH]4)cc3)N[C@H]2C(F)(F)F)cc1C(F)(F)F. The fourth-order valence-electron chi connectivity index (χ4n) is 4.10. The van der Waals surface area contributed by atoms with Crippen molar-refractivity contribution in [2.24, 2.45) is 0 Å². The van der Waals surface area contributed by atoms with Crippen molar-refractivity contribution in [2.75, 3.05) is 6.61 Å². The molecule has 3 aromatic rings. The van der Waals surface area contributed by atoms with E-state index in [2.05, 4.69) is 15.3 Å². The number of aromatic nitrogens is 2. The number of benzene rings is 2. The molecule has 3 atom stereocenters. The van der Waals surface area contributed by atoms with E-state index in [1.54, 1.807) is 36.7 Å². The Morgan fingerprint density at radius 1 is 1.06 bits per heavy atom. The molecule has 2 N–H and O–H groups in total. The first kappa shape index (κ1) is 23.6. The van der Waals surface area contributed by atoms with Crippen LogP contribution in [0, 0.1) is 11.3 Å². The Morgan fingerprint density at radius 2 is 1.79 bits per heavy atom. The lowest BCUT2D eigenvalue weighted by Crippen LogP contribution is -2.44. The summed E-state index contributed by atoms with van der Waals surface area (Å²) in [6.45, 7) is -0.106. The van der Waals surface area contributed by atoms with Crippen molar-refractivity contribution < 1.29 is 31.1 Å². The number of halogens is 6. The van der Waals surface area contributed by atoms with E-state index in [1.807, 2.05) is 0 Å². The van der Waals surface area contributed by atoms with Gasteiger partial charge >= 0.3 is 12.4 Å². The zero-order chi connectivity index (χ0) is 24.5. The lowest BCUT2D eigenvalue weighted by Gasteiger charge is -2.23. The highest BCUT2D eigenvalue weighted by molar-refractivity contribution is 5.55. The fraction of sp³-hybridized carbons (Fsp3) is 0.304. The molecular formula is C23H18F6N4O. The monoisotopic (exact) mass is 480 g/mol.